The lowest BCUT2D eigenvalue weighted by atomic mass is 10.0. The first-order valence-corrected chi connectivity index (χ1v) is 7.22. The first kappa shape index (κ1) is 17.1. The Labute approximate surface area is 132 Å². The Morgan fingerprint density at radius 1 is 0.957 bits per heavy atom. The van der Waals surface area contributed by atoms with Crippen molar-refractivity contribution in [2.75, 3.05) is 0 Å². The fourth-order valence-electron chi connectivity index (χ4n) is 2.14. The van der Waals surface area contributed by atoms with Gasteiger partial charge in [0, 0.05) is 0 Å². The summed E-state index contributed by atoms with van der Waals surface area (Å²) in [7, 11) is 0. The van der Waals surface area contributed by atoms with Gasteiger partial charge in [0.1, 0.15) is 0 Å². The number of hydrogen-bond donors (Lipinski definition) is 0. The minimum absolute atomic E-state index is 0.158. The van der Waals surface area contributed by atoms with Crippen molar-refractivity contribution in [3.05, 3.63) is 59.7 Å². The molecule has 0 aliphatic rings. The third-order valence-corrected chi connectivity index (χ3v) is 3.22. The predicted molar refractivity (Wildman–Crippen MR) is 81.8 cm³/mol. The Morgan fingerprint density at radius 2 is 1.43 bits per heavy atom. The summed E-state index contributed by atoms with van der Waals surface area (Å²) in [5.41, 5.74) is 1.61. The summed E-state index contributed by atoms with van der Waals surface area (Å²) in [6, 6.07) is 12.1. The maximum Gasteiger partial charge on any atom is 0.416 e. The molecule has 0 N–H and O–H groups in total. The molecule has 0 unspecified atom stereocenters. The first-order chi connectivity index (χ1) is 10.8. The second-order valence-corrected chi connectivity index (χ2v) is 5.49. The normalized spacial score (nSPS) is 11.6. The van der Waals surface area contributed by atoms with E-state index in [1.54, 1.807) is 38.1 Å². The molecule has 2 nitrogen and oxygen atoms in total. The quantitative estimate of drug-likeness (QED) is 0.751. The second-order valence-electron chi connectivity index (χ2n) is 5.49. The average Bonchev–Trinajstić information content (AvgIpc) is 2.46. The molecule has 0 aliphatic heterocycles. The fourth-order valence-corrected chi connectivity index (χ4v) is 2.14. The van der Waals surface area contributed by atoms with E-state index in [-0.39, 0.29) is 18.5 Å². The van der Waals surface area contributed by atoms with E-state index in [4.69, 9.17) is 4.74 Å². The zero-order chi connectivity index (χ0) is 17.0. The van der Waals surface area contributed by atoms with Gasteiger partial charge in [-0.2, -0.15) is 13.2 Å². The third-order valence-electron chi connectivity index (χ3n) is 3.22. The van der Waals surface area contributed by atoms with Crippen LogP contribution in [0, 0.1) is 0 Å². The fraction of sp³-hybridized carbons (Fsp3) is 0.278. The maximum atomic E-state index is 12.5. The largest absolute Gasteiger partial charge is 0.463 e. The van der Waals surface area contributed by atoms with Gasteiger partial charge in [-0.25, -0.2) is 0 Å². The lowest BCUT2D eigenvalue weighted by molar-refractivity contribution is -0.146. The Bertz CT molecular complexity index is 656. The third kappa shape index (κ3) is 4.84. The van der Waals surface area contributed by atoms with Crippen molar-refractivity contribution in [3.63, 3.8) is 0 Å². The number of alkyl halides is 3. The minimum Gasteiger partial charge on any atom is -0.463 e. The summed E-state index contributed by atoms with van der Waals surface area (Å²) in [6.07, 6.45) is -4.32. The molecule has 122 valence electrons. The Kier molecular flexibility index (Phi) is 5.08. The van der Waals surface area contributed by atoms with E-state index >= 15 is 0 Å². The van der Waals surface area contributed by atoms with Gasteiger partial charge >= 0.3 is 12.1 Å². The number of esters is 1. The van der Waals surface area contributed by atoms with Crippen molar-refractivity contribution in [2.45, 2.75) is 32.5 Å². The molecule has 0 aromatic heterocycles. The molecule has 5 heteroatoms. The van der Waals surface area contributed by atoms with Crippen LogP contribution in [0.5, 0.6) is 0 Å². The molecule has 0 fully saturated rings. The van der Waals surface area contributed by atoms with E-state index in [0.29, 0.717) is 5.56 Å². The van der Waals surface area contributed by atoms with E-state index in [1.807, 2.05) is 0 Å². The second kappa shape index (κ2) is 6.86. The molecular formula is C18H17F3O2. The summed E-state index contributed by atoms with van der Waals surface area (Å²) in [5.74, 6) is -0.303. The highest BCUT2D eigenvalue weighted by atomic mass is 19.4. The van der Waals surface area contributed by atoms with Crippen LogP contribution in [0.3, 0.4) is 0 Å². The van der Waals surface area contributed by atoms with Gasteiger partial charge in [0.05, 0.1) is 18.1 Å². The highest BCUT2D eigenvalue weighted by molar-refractivity contribution is 5.73. The van der Waals surface area contributed by atoms with Crippen molar-refractivity contribution in [3.8, 4) is 11.1 Å². The van der Waals surface area contributed by atoms with Crippen LogP contribution >= 0.6 is 0 Å². The molecule has 2 rings (SSSR count). The molecular weight excluding hydrogens is 305 g/mol. The van der Waals surface area contributed by atoms with E-state index < -0.39 is 11.7 Å². The summed E-state index contributed by atoms with van der Waals surface area (Å²) in [5, 5.41) is 0. The summed E-state index contributed by atoms with van der Waals surface area (Å²) >= 11 is 0. The standard InChI is InChI=1S/C18H17F3O2/c1-12(2)23-17(22)11-13-3-5-14(6-4-13)15-7-9-16(10-8-15)18(19,20)21/h3-10,12H,11H2,1-2H3. The van der Waals surface area contributed by atoms with Crippen molar-refractivity contribution >= 4 is 5.97 Å². The first-order valence-electron chi connectivity index (χ1n) is 7.22. The van der Waals surface area contributed by atoms with E-state index in [2.05, 4.69) is 0 Å². The summed E-state index contributed by atoms with van der Waals surface area (Å²) in [6.45, 7) is 3.57. The number of carbonyl (C=O) groups is 1. The maximum absolute atomic E-state index is 12.5. The van der Waals surface area contributed by atoms with Crippen LogP contribution in [-0.2, 0) is 22.1 Å². The van der Waals surface area contributed by atoms with Gasteiger partial charge in [-0.1, -0.05) is 36.4 Å². The molecule has 0 radical (unpaired) electrons. The van der Waals surface area contributed by atoms with Crippen LogP contribution < -0.4 is 0 Å². The SMILES string of the molecule is CC(C)OC(=O)Cc1ccc(-c2ccc(C(F)(F)F)cc2)cc1. The molecule has 0 bridgehead atoms. The molecule has 0 amide bonds. The zero-order valence-corrected chi connectivity index (χ0v) is 12.9. The number of ether oxygens (including phenoxy) is 1. The topological polar surface area (TPSA) is 26.3 Å². The summed E-state index contributed by atoms with van der Waals surface area (Å²) < 4.78 is 42.7. The van der Waals surface area contributed by atoms with Crippen LogP contribution in [0.2, 0.25) is 0 Å². The van der Waals surface area contributed by atoms with Gasteiger partial charge in [0.15, 0.2) is 0 Å². The van der Waals surface area contributed by atoms with Gasteiger partial charge in [0.25, 0.3) is 0 Å². The van der Waals surface area contributed by atoms with E-state index in [1.165, 1.54) is 12.1 Å². The molecule has 23 heavy (non-hydrogen) atoms. The molecule has 0 aliphatic carbocycles. The molecule has 2 aromatic carbocycles. The molecule has 0 saturated carbocycles. The number of halogens is 3. The molecule has 0 heterocycles. The van der Waals surface area contributed by atoms with Crippen molar-refractivity contribution in [1.82, 2.24) is 0 Å². The van der Waals surface area contributed by atoms with Crippen molar-refractivity contribution in [2.24, 2.45) is 0 Å². The molecule has 0 saturated heterocycles. The van der Waals surface area contributed by atoms with E-state index in [0.717, 1.165) is 23.3 Å². The molecule has 2 aromatic rings. The average molecular weight is 322 g/mol. The minimum atomic E-state index is -4.33. The Hall–Kier alpha value is -2.30. The monoisotopic (exact) mass is 322 g/mol. The summed E-state index contributed by atoms with van der Waals surface area (Å²) in [4.78, 5) is 11.6. The lowest BCUT2D eigenvalue weighted by Crippen LogP contribution is -2.13. The van der Waals surface area contributed by atoms with Crippen molar-refractivity contribution < 1.29 is 22.7 Å². The smallest absolute Gasteiger partial charge is 0.416 e. The van der Waals surface area contributed by atoms with Crippen molar-refractivity contribution in [1.29, 1.82) is 0 Å². The molecule has 0 spiro atoms. The van der Waals surface area contributed by atoms with Gasteiger partial charge in [-0.05, 0) is 42.7 Å². The Balaban J connectivity index is 2.09. The Morgan fingerprint density at radius 3 is 1.87 bits per heavy atom. The number of carbonyl (C=O) groups excluding carboxylic acids is 1. The predicted octanol–water partition coefficient (Wildman–Crippen LogP) is 4.87. The van der Waals surface area contributed by atoms with Crippen LogP contribution in [0.1, 0.15) is 25.0 Å². The highest BCUT2D eigenvalue weighted by Crippen LogP contribution is 2.31. The van der Waals surface area contributed by atoms with Gasteiger partial charge in [-0.3, -0.25) is 4.79 Å². The number of hydrogen-bond acceptors (Lipinski definition) is 2. The number of benzene rings is 2. The molecule has 0 atom stereocenters. The van der Waals surface area contributed by atoms with Gasteiger partial charge in [0.2, 0.25) is 0 Å². The van der Waals surface area contributed by atoms with Crippen LogP contribution in [0.15, 0.2) is 48.5 Å². The zero-order valence-electron chi connectivity index (χ0n) is 12.9. The van der Waals surface area contributed by atoms with Crippen LogP contribution in [-0.4, -0.2) is 12.1 Å². The van der Waals surface area contributed by atoms with Crippen LogP contribution in [0.25, 0.3) is 11.1 Å². The van der Waals surface area contributed by atoms with Gasteiger partial charge < -0.3 is 4.74 Å². The lowest BCUT2D eigenvalue weighted by Gasteiger charge is -2.09. The highest BCUT2D eigenvalue weighted by Gasteiger charge is 2.29. The van der Waals surface area contributed by atoms with Gasteiger partial charge in [-0.15, -0.1) is 0 Å². The van der Waals surface area contributed by atoms with Crippen LogP contribution in [0.4, 0.5) is 13.2 Å². The number of rotatable bonds is 4. The van der Waals surface area contributed by atoms with E-state index in [9.17, 15) is 18.0 Å².